The zero-order valence-corrected chi connectivity index (χ0v) is 12.6. The Morgan fingerprint density at radius 3 is 2.65 bits per heavy atom. The van der Waals surface area contributed by atoms with E-state index >= 15 is 0 Å². The van der Waals surface area contributed by atoms with E-state index < -0.39 is 16.4 Å². The van der Waals surface area contributed by atoms with Gasteiger partial charge in [-0.05, 0) is 6.42 Å². The number of ether oxygens (including phenoxy) is 2. The first kappa shape index (κ1) is 17.8. The minimum Gasteiger partial charge on any atom is -0.389 e. The van der Waals surface area contributed by atoms with Gasteiger partial charge in [0.05, 0.1) is 25.9 Å². The fourth-order valence-electron chi connectivity index (χ4n) is 1.88. The number of aliphatic hydroxyl groups excluding tert-OH is 1. The Morgan fingerprint density at radius 2 is 2.05 bits per heavy atom. The highest BCUT2D eigenvalue weighted by Gasteiger charge is 2.17. The Labute approximate surface area is 120 Å². The summed E-state index contributed by atoms with van der Waals surface area (Å²) in [7, 11) is -3.06. The van der Waals surface area contributed by atoms with Crippen molar-refractivity contribution in [2.24, 2.45) is 0 Å². The molecule has 0 radical (unpaired) electrons. The number of hydrogen-bond donors (Lipinski definition) is 2. The minimum absolute atomic E-state index is 0.0446. The van der Waals surface area contributed by atoms with E-state index in [4.69, 9.17) is 14.0 Å². The van der Waals surface area contributed by atoms with E-state index in [9.17, 15) is 13.5 Å². The minimum atomic E-state index is -4.25. The number of hydrogen-bond acceptors (Lipinski definition) is 6. The maximum absolute atomic E-state index is 10.7. The van der Waals surface area contributed by atoms with Gasteiger partial charge in [-0.1, -0.05) is 0 Å². The first-order valence-electron chi connectivity index (χ1n) is 6.64. The quantitative estimate of drug-likeness (QED) is 0.408. The van der Waals surface area contributed by atoms with Gasteiger partial charge >= 0.3 is 10.3 Å². The fraction of sp³-hybridized carbons (Fsp3) is 1.00. The number of rotatable bonds is 9. The highest BCUT2D eigenvalue weighted by atomic mass is 32.2. The van der Waals surface area contributed by atoms with E-state index in [0.29, 0.717) is 10.9 Å². The van der Waals surface area contributed by atoms with Crippen LogP contribution >= 0.6 is 0 Å². The molecule has 2 N–H and O–H groups in total. The van der Waals surface area contributed by atoms with Gasteiger partial charge in [0.2, 0.25) is 0 Å². The number of morpholine rings is 1. The summed E-state index contributed by atoms with van der Waals surface area (Å²) in [5.74, 6) is 0. The van der Waals surface area contributed by atoms with Crippen molar-refractivity contribution in [3.63, 3.8) is 0 Å². The molecule has 0 aromatic rings. The molecule has 20 heavy (non-hydrogen) atoms. The van der Waals surface area contributed by atoms with Crippen LogP contribution in [0, 0.1) is 0 Å². The molecule has 0 spiro atoms. The van der Waals surface area contributed by atoms with E-state index in [1.165, 1.54) is 7.05 Å². The van der Waals surface area contributed by atoms with Crippen molar-refractivity contribution in [1.82, 2.24) is 9.21 Å². The van der Waals surface area contributed by atoms with Crippen LogP contribution in [-0.4, -0.2) is 93.0 Å². The van der Waals surface area contributed by atoms with Gasteiger partial charge < -0.3 is 14.6 Å². The number of nitrogens with zero attached hydrogens (tertiary/aromatic N) is 2. The zero-order valence-electron chi connectivity index (χ0n) is 11.8. The van der Waals surface area contributed by atoms with Crippen LogP contribution in [0.1, 0.15) is 6.42 Å². The topological polar surface area (TPSA) is 99.5 Å². The molecule has 0 saturated carbocycles. The SMILES string of the molecule is CN(CC(O)COCCCN1CCOCC1)S(=O)(=O)O. The molecule has 1 fully saturated rings. The number of aliphatic hydroxyl groups is 1. The molecule has 1 saturated heterocycles. The summed E-state index contributed by atoms with van der Waals surface area (Å²) in [6, 6.07) is 0. The predicted molar refractivity (Wildman–Crippen MR) is 72.9 cm³/mol. The molecule has 0 amide bonds. The Kier molecular flexibility index (Phi) is 7.88. The van der Waals surface area contributed by atoms with E-state index in [0.717, 1.165) is 39.3 Å². The average molecular weight is 312 g/mol. The second kappa shape index (κ2) is 8.88. The predicted octanol–water partition coefficient (Wildman–Crippen LogP) is -1.18. The third kappa shape index (κ3) is 7.48. The Hall–Kier alpha value is -0.290. The molecular weight excluding hydrogens is 288 g/mol. The van der Waals surface area contributed by atoms with Gasteiger partial charge in [-0.15, -0.1) is 0 Å². The molecule has 1 aliphatic heterocycles. The van der Waals surface area contributed by atoms with Crippen molar-refractivity contribution in [1.29, 1.82) is 0 Å². The first-order valence-corrected chi connectivity index (χ1v) is 8.04. The Balaban J connectivity index is 2.02. The van der Waals surface area contributed by atoms with Crippen LogP contribution < -0.4 is 0 Å². The third-order valence-electron chi connectivity index (χ3n) is 3.04. The van der Waals surface area contributed by atoms with Crippen LogP contribution in [0.5, 0.6) is 0 Å². The smallest absolute Gasteiger partial charge is 0.335 e. The maximum atomic E-state index is 10.7. The molecule has 0 bridgehead atoms. The van der Waals surface area contributed by atoms with E-state index in [-0.39, 0.29) is 13.2 Å². The summed E-state index contributed by atoms with van der Waals surface area (Å²) in [6.45, 7) is 4.67. The normalized spacial score (nSPS) is 19.4. The summed E-state index contributed by atoms with van der Waals surface area (Å²) in [6.07, 6.45) is -0.105. The van der Waals surface area contributed by atoms with Crippen molar-refractivity contribution in [2.45, 2.75) is 12.5 Å². The highest BCUT2D eigenvalue weighted by Crippen LogP contribution is 2.00. The lowest BCUT2D eigenvalue weighted by atomic mass is 10.3. The highest BCUT2D eigenvalue weighted by molar-refractivity contribution is 7.83. The molecule has 0 aliphatic carbocycles. The molecule has 1 aliphatic rings. The van der Waals surface area contributed by atoms with Crippen LogP contribution in [0.15, 0.2) is 0 Å². The van der Waals surface area contributed by atoms with Crippen LogP contribution in [-0.2, 0) is 19.8 Å². The molecule has 8 nitrogen and oxygen atoms in total. The molecule has 0 aromatic heterocycles. The van der Waals surface area contributed by atoms with Crippen molar-refractivity contribution in [3.8, 4) is 0 Å². The lowest BCUT2D eigenvalue weighted by molar-refractivity contribution is 0.0145. The Bertz CT molecular complexity index is 358. The summed E-state index contributed by atoms with van der Waals surface area (Å²) in [4.78, 5) is 2.29. The van der Waals surface area contributed by atoms with Crippen LogP contribution in [0.2, 0.25) is 0 Å². The molecule has 9 heteroatoms. The van der Waals surface area contributed by atoms with Gasteiger partial charge in [0.25, 0.3) is 0 Å². The van der Waals surface area contributed by atoms with Gasteiger partial charge in [-0.3, -0.25) is 9.45 Å². The van der Waals surface area contributed by atoms with Gasteiger partial charge in [0, 0.05) is 39.8 Å². The van der Waals surface area contributed by atoms with Crippen molar-refractivity contribution >= 4 is 10.3 Å². The van der Waals surface area contributed by atoms with E-state index in [1.807, 2.05) is 0 Å². The molecule has 0 aromatic carbocycles. The molecule has 1 unspecified atom stereocenters. The zero-order chi connectivity index (χ0) is 15.0. The summed E-state index contributed by atoms with van der Waals surface area (Å²) in [5, 5.41) is 9.56. The van der Waals surface area contributed by atoms with Crippen LogP contribution in [0.4, 0.5) is 0 Å². The van der Waals surface area contributed by atoms with Gasteiger partial charge in [0.1, 0.15) is 0 Å². The van der Waals surface area contributed by atoms with Crippen LogP contribution in [0.3, 0.4) is 0 Å². The number of likely N-dealkylation sites (N-methyl/N-ethyl adjacent to an activating group) is 1. The molecule has 1 atom stereocenters. The maximum Gasteiger partial charge on any atom is 0.335 e. The third-order valence-corrected chi connectivity index (χ3v) is 3.98. The summed E-state index contributed by atoms with van der Waals surface area (Å²) < 4.78 is 41.4. The van der Waals surface area contributed by atoms with Crippen molar-refractivity contribution < 1.29 is 27.6 Å². The second-order valence-electron chi connectivity index (χ2n) is 4.79. The van der Waals surface area contributed by atoms with E-state index in [2.05, 4.69) is 4.90 Å². The largest absolute Gasteiger partial charge is 0.389 e. The standard InChI is InChI=1S/C11H24N2O6S/c1-12(20(15,16)17)9-11(14)10-19-6-2-3-13-4-7-18-8-5-13/h11,14H,2-10H2,1H3,(H,15,16,17). The first-order chi connectivity index (χ1) is 9.39. The molecular formula is C11H24N2O6S. The molecule has 1 rings (SSSR count). The molecule has 1 heterocycles. The summed E-state index contributed by atoms with van der Waals surface area (Å²) in [5.41, 5.74) is 0. The molecule has 120 valence electrons. The summed E-state index contributed by atoms with van der Waals surface area (Å²) >= 11 is 0. The van der Waals surface area contributed by atoms with E-state index in [1.54, 1.807) is 0 Å². The second-order valence-corrected chi connectivity index (χ2v) is 6.31. The lowest BCUT2D eigenvalue weighted by Gasteiger charge is -2.26. The monoisotopic (exact) mass is 312 g/mol. The van der Waals surface area contributed by atoms with Crippen molar-refractivity contribution in [2.75, 3.05) is 59.7 Å². The van der Waals surface area contributed by atoms with Crippen LogP contribution in [0.25, 0.3) is 0 Å². The average Bonchev–Trinajstić information content (AvgIpc) is 2.38. The Morgan fingerprint density at radius 1 is 1.40 bits per heavy atom. The lowest BCUT2D eigenvalue weighted by Crippen LogP contribution is -2.37. The van der Waals surface area contributed by atoms with Gasteiger partial charge in [-0.2, -0.15) is 12.7 Å². The fourth-order valence-corrected chi connectivity index (χ4v) is 2.24. The van der Waals surface area contributed by atoms with Crippen molar-refractivity contribution in [3.05, 3.63) is 0 Å². The van der Waals surface area contributed by atoms with Gasteiger partial charge in [0.15, 0.2) is 0 Å². The van der Waals surface area contributed by atoms with Gasteiger partial charge in [-0.25, -0.2) is 0 Å².